The number of fused-ring (bicyclic) bond motifs is 1. The van der Waals surface area contributed by atoms with E-state index in [2.05, 4.69) is 10.3 Å². The van der Waals surface area contributed by atoms with Crippen LogP contribution in [0.1, 0.15) is 11.1 Å². The summed E-state index contributed by atoms with van der Waals surface area (Å²) in [6, 6.07) is 12.3. The van der Waals surface area contributed by atoms with Gasteiger partial charge in [-0.2, -0.15) is 0 Å². The molecule has 2 aromatic carbocycles. The Hall–Kier alpha value is -2.50. The van der Waals surface area contributed by atoms with Gasteiger partial charge < -0.3 is 15.0 Å². The van der Waals surface area contributed by atoms with E-state index in [1.54, 1.807) is 18.2 Å². The number of H-pyrrole nitrogens is 1. The van der Waals surface area contributed by atoms with Gasteiger partial charge in [-0.3, -0.25) is 9.59 Å². The molecule has 26 heavy (non-hydrogen) atoms. The Balaban J connectivity index is 1.63. The topological polar surface area (TPSA) is 71.2 Å². The summed E-state index contributed by atoms with van der Waals surface area (Å²) in [6.07, 6.45) is 0. The molecule has 134 valence electrons. The third kappa shape index (κ3) is 4.18. The normalized spacial score (nSPS) is 10.7. The molecule has 0 fully saturated rings. The number of aromatic amines is 1. The molecule has 0 saturated carbocycles. The van der Waals surface area contributed by atoms with Crippen molar-refractivity contribution < 1.29 is 9.53 Å². The van der Waals surface area contributed by atoms with Crippen molar-refractivity contribution >= 4 is 40.0 Å². The zero-order valence-corrected chi connectivity index (χ0v) is 15.4. The van der Waals surface area contributed by atoms with E-state index in [-0.39, 0.29) is 24.6 Å². The fourth-order valence-corrected chi connectivity index (χ4v) is 3.00. The highest BCUT2D eigenvalue weighted by molar-refractivity contribution is 6.35. The van der Waals surface area contributed by atoms with Gasteiger partial charge in [0.15, 0.2) is 6.61 Å². The number of hydrogen-bond acceptors (Lipinski definition) is 3. The highest BCUT2D eigenvalue weighted by atomic mass is 35.5. The van der Waals surface area contributed by atoms with Gasteiger partial charge in [0.25, 0.3) is 11.5 Å². The van der Waals surface area contributed by atoms with Crippen LogP contribution in [-0.4, -0.2) is 17.5 Å². The molecule has 3 rings (SSSR count). The van der Waals surface area contributed by atoms with E-state index in [1.165, 1.54) is 6.07 Å². The van der Waals surface area contributed by atoms with Crippen molar-refractivity contribution in [2.45, 2.75) is 13.5 Å². The maximum atomic E-state index is 12.2. The van der Waals surface area contributed by atoms with Gasteiger partial charge in [-0.15, -0.1) is 0 Å². The first kappa shape index (κ1) is 18.3. The van der Waals surface area contributed by atoms with Crippen LogP contribution in [-0.2, 0) is 11.3 Å². The molecule has 0 radical (unpaired) electrons. The Bertz CT molecular complexity index is 1030. The third-order valence-electron chi connectivity index (χ3n) is 3.89. The molecule has 0 unspecified atom stereocenters. The molecule has 0 atom stereocenters. The Labute approximate surface area is 159 Å². The molecule has 0 aliphatic carbocycles. The van der Waals surface area contributed by atoms with E-state index in [1.807, 2.05) is 25.1 Å². The van der Waals surface area contributed by atoms with Crippen molar-refractivity contribution in [3.63, 3.8) is 0 Å². The number of para-hydroxylation sites is 1. The van der Waals surface area contributed by atoms with E-state index in [0.717, 1.165) is 16.5 Å². The van der Waals surface area contributed by atoms with Crippen LogP contribution in [0.25, 0.3) is 10.9 Å². The molecule has 1 heterocycles. The highest BCUT2D eigenvalue weighted by Crippen LogP contribution is 2.27. The molecule has 0 bridgehead atoms. The standard InChI is InChI=1S/C19H16Cl2N2O3/c1-11-3-2-4-12-7-13(19(25)23-18(11)12)9-22-17(24)10-26-16-6-5-14(20)8-15(16)21/h2-8H,9-10H2,1H3,(H,22,24)(H,23,25). The van der Waals surface area contributed by atoms with E-state index in [4.69, 9.17) is 27.9 Å². The number of amides is 1. The second-order valence-corrected chi connectivity index (χ2v) is 6.65. The number of aryl methyl sites for hydroxylation is 1. The minimum Gasteiger partial charge on any atom is -0.482 e. The predicted molar refractivity (Wildman–Crippen MR) is 103 cm³/mol. The largest absolute Gasteiger partial charge is 0.482 e. The summed E-state index contributed by atoms with van der Waals surface area (Å²) in [5.74, 6) is 0.00463. The Morgan fingerprint density at radius 1 is 1.19 bits per heavy atom. The minimum atomic E-state index is -0.361. The maximum Gasteiger partial charge on any atom is 0.258 e. The van der Waals surface area contributed by atoms with E-state index in [9.17, 15) is 9.59 Å². The van der Waals surface area contributed by atoms with Crippen LogP contribution in [0, 0.1) is 6.92 Å². The van der Waals surface area contributed by atoms with E-state index < -0.39 is 0 Å². The number of halogens is 2. The summed E-state index contributed by atoms with van der Waals surface area (Å²) in [5, 5.41) is 4.39. The van der Waals surface area contributed by atoms with Gasteiger partial charge in [0.05, 0.1) is 10.5 Å². The first-order valence-electron chi connectivity index (χ1n) is 7.90. The molecule has 0 aliphatic rings. The number of rotatable bonds is 5. The van der Waals surface area contributed by atoms with Gasteiger partial charge in [-0.25, -0.2) is 0 Å². The van der Waals surface area contributed by atoms with Gasteiger partial charge in [0.1, 0.15) is 5.75 Å². The van der Waals surface area contributed by atoms with Gasteiger partial charge in [-0.1, -0.05) is 41.4 Å². The number of nitrogens with one attached hydrogen (secondary N) is 2. The van der Waals surface area contributed by atoms with Crippen molar-refractivity contribution in [3.8, 4) is 5.75 Å². The third-order valence-corrected chi connectivity index (χ3v) is 4.42. The van der Waals surface area contributed by atoms with Gasteiger partial charge >= 0.3 is 0 Å². The van der Waals surface area contributed by atoms with Gasteiger partial charge in [0.2, 0.25) is 0 Å². The molecule has 1 aromatic heterocycles. The van der Waals surface area contributed by atoms with Crippen LogP contribution in [0.2, 0.25) is 10.0 Å². The molecule has 2 N–H and O–H groups in total. The van der Waals surface area contributed by atoms with Crippen LogP contribution >= 0.6 is 23.2 Å². The number of pyridine rings is 1. The van der Waals surface area contributed by atoms with Crippen molar-refractivity contribution in [3.05, 3.63) is 74.0 Å². The first-order valence-corrected chi connectivity index (χ1v) is 8.66. The summed E-state index contributed by atoms with van der Waals surface area (Å²) in [4.78, 5) is 27.0. The fourth-order valence-electron chi connectivity index (χ4n) is 2.54. The molecular formula is C19H16Cl2N2O3. The lowest BCUT2D eigenvalue weighted by molar-refractivity contribution is -0.123. The second-order valence-electron chi connectivity index (χ2n) is 5.80. The fraction of sp³-hybridized carbons (Fsp3) is 0.158. The molecule has 3 aromatic rings. The lowest BCUT2D eigenvalue weighted by Gasteiger charge is -2.09. The monoisotopic (exact) mass is 390 g/mol. The lowest BCUT2D eigenvalue weighted by atomic mass is 10.1. The van der Waals surface area contributed by atoms with E-state index >= 15 is 0 Å². The van der Waals surface area contributed by atoms with Crippen molar-refractivity contribution in [2.24, 2.45) is 0 Å². The molecule has 0 spiro atoms. The minimum absolute atomic E-state index is 0.107. The smallest absolute Gasteiger partial charge is 0.258 e. The van der Waals surface area contributed by atoms with Crippen molar-refractivity contribution in [1.82, 2.24) is 10.3 Å². The number of benzene rings is 2. The Kier molecular flexibility index (Phi) is 5.49. The van der Waals surface area contributed by atoms with Crippen LogP contribution in [0.4, 0.5) is 0 Å². The molecular weight excluding hydrogens is 375 g/mol. The number of carbonyl (C=O) groups is 1. The predicted octanol–water partition coefficient (Wildman–Crippen LogP) is 3.84. The second kappa shape index (κ2) is 7.81. The maximum absolute atomic E-state index is 12.2. The summed E-state index contributed by atoms with van der Waals surface area (Å²) in [5.41, 5.74) is 2.03. The summed E-state index contributed by atoms with van der Waals surface area (Å²) in [7, 11) is 0. The first-order chi connectivity index (χ1) is 12.4. The summed E-state index contributed by atoms with van der Waals surface area (Å²) in [6.45, 7) is 1.82. The molecule has 0 aliphatic heterocycles. The zero-order valence-electron chi connectivity index (χ0n) is 13.9. The average molecular weight is 391 g/mol. The highest BCUT2D eigenvalue weighted by Gasteiger charge is 2.09. The summed E-state index contributed by atoms with van der Waals surface area (Å²) < 4.78 is 5.37. The van der Waals surface area contributed by atoms with Crippen molar-refractivity contribution in [1.29, 1.82) is 0 Å². The SMILES string of the molecule is Cc1cccc2cc(CNC(=O)COc3ccc(Cl)cc3Cl)c(=O)[nH]c12. The Morgan fingerprint density at radius 3 is 2.77 bits per heavy atom. The van der Waals surface area contributed by atoms with Crippen LogP contribution in [0.5, 0.6) is 5.75 Å². The van der Waals surface area contributed by atoms with Crippen LogP contribution in [0.3, 0.4) is 0 Å². The number of hydrogen-bond donors (Lipinski definition) is 2. The summed E-state index contributed by atoms with van der Waals surface area (Å²) >= 11 is 11.8. The molecule has 7 heteroatoms. The van der Waals surface area contributed by atoms with Gasteiger partial charge in [0, 0.05) is 17.1 Å². The average Bonchev–Trinajstić information content (AvgIpc) is 2.60. The van der Waals surface area contributed by atoms with Crippen LogP contribution < -0.4 is 15.6 Å². The quantitative estimate of drug-likeness (QED) is 0.694. The van der Waals surface area contributed by atoms with Crippen LogP contribution in [0.15, 0.2) is 47.3 Å². The molecule has 1 amide bonds. The lowest BCUT2D eigenvalue weighted by Crippen LogP contribution is -2.30. The number of ether oxygens (including phenoxy) is 1. The van der Waals surface area contributed by atoms with E-state index in [0.29, 0.717) is 21.4 Å². The Morgan fingerprint density at radius 2 is 2.00 bits per heavy atom. The van der Waals surface area contributed by atoms with Crippen molar-refractivity contribution in [2.75, 3.05) is 6.61 Å². The zero-order chi connectivity index (χ0) is 18.7. The number of aromatic nitrogens is 1. The molecule has 0 saturated heterocycles. The molecule has 5 nitrogen and oxygen atoms in total. The van der Waals surface area contributed by atoms with Gasteiger partial charge in [-0.05, 0) is 42.1 Å². The number of carbonyl (C=O) groups excluding carboxylic acids is 1.